The van der Waals surface area contributed by atoms with E-state index in [0.717, 1.165) is 54.5 Å². The summed E-state index contributed by atoms with van der Waals surface area (Å²) in [6.07, 6.45) is 5.59. The standard InChI is InChI=1S/C23H22N2O/c24-16-20-22(25-21(26)14-17-8-2-1-3-9-17)19-11-5-4-10-18(19)15-23(20)12-6-7-13-23/h1-5,8-11H,6-7,12-15H2,(H,25,26). The Morgan fingerprint density at radius 3 is 2.46 bits per heavy atom. The fraction of sp³-hybridized carbons (Fsp3) is 0.304. The van der Waals surface area contributed by atoms with Gasteiger partial charge in [-0.3, -0.25) is 4.79 Å². The minimum atomic E-state index is -0.0987. The number of fused-ring (bicyclic) bond motifs is 1. The first-order valence-electron chi connectivity index (χ1n) is 9.29. The third kappa shape index (κ3) is 2.93. The molecule has 1 spiro atoms. The molecule has 0 unspecified atom stereocenters. The van der Waals surface area contributed by atoms with E-state index < -0.39 is 0 Å². The largest absolute Gasteiger partial charge is 0.324 e. The van der Waals surface area contributed by atoms with Crippen molar-refractivity contribution in [1.29, 1.82) is 5.26 Å². The van der Waals surface area contributed by atoms with Crippen LogP contribution >= 0.6 is 0 Å². The van der Waals surface area contributed by atoms with Crippen LogP contribution in [0, 0.1) is 16.7 Å². The average molecular weight is 342 g/mol. The highest BCUT2D eigenvalue weighted by molar-refractivity contribution is 5.91. The van der Waals surface area contributed by atoms with Gasteiger partial charge in [0.15, 0.2) is 0 Å². The van der Waals surface area contributed by atoms with Crippen LogP contribution in [-0.4, -0.2) is 5.91 Å². The Kier molecular flexibility index (Phi) is 4.34. The summed E-state index contributed by atoms with van der Waals surface area (Å²) in [4.78, 5) is 12.7. The zero-order valence-electron chi connectivity index (χ0n) is 14.8. The van der Waals surface area contributed by atoms with E-state index in [9.17, 15) is 10.1 Å². The van der Waals surface area contributed by atoms with Gasteiger partial charge in [0.2, 0.25) is 5.91 Å². The van der Waals surface area contributed by atoms with Crippen LogP contribution in [0.5, 0.6) is 0 Å². The Morgan fingerprint density at radius 1 is 1.04 bits per heavy atom. The second-order valence-corrected chi connectivity index (χ2v) is 7.39. The third-order valence-corrected chi connectivity index (χ3v) is 5.74. The molecule has 1 amide bonds. The van der Waals surface area contributed by atoms with E-state index >= 15 is 0 Å². The predicted octanol–water partition coefficient (Wildman–Crippen LogP) is 4.40. The van der Waals surface area contributed by atoms with Gasteiger partial charge < -0.3 is 5.32 Å². The van der Waals surface area contributed by atoms with Crippen LogP contribution in [0.15, 0.2) is 60.2 Å². The molecule has 1 saturated carbocycles. The van der Waals surface area contributed by atoms with Crippen molar-refractivity contribution in [2.24, 2.45) is 5.41 Å². The summed E-state index contributed by atoms with van der Waals surface area (Å²) in [5.41, 5.74) is 4.63. The normalized spacial score (nSPS) is 17.7. The highest BCUT2D eigenvalue weighted by Crippen LogP contribution is 2.51. The number of benzene rings is 2. The Labute approximate surface area is 154 Å². The molecule has 2 aromatic rings. The second kappa shape index (κ2) is 6.80. The van der Waals surface area contributed by atoms with Gasteiger partial charge in [-0.15, -0.1) is 0 Å². The molecule has 0 aromatic heterocycles. The number of rotatable bonds is 3. The van der Waals surface area contributed by atoms with E-state index in [0.29, 0.717) is 6.42 Å². The lowest BCUT2D eigenvalue weighted by Gasteiger charge is -2.36. The quantitative estimate of drug-likeness (QED) is 0.899. The minimum Gasteiger partial charge on any atom is -0.324 e. The highest BCUT2D eigenvalue weighted by atomic mass is 16.1. The van der Waals surface area contributed by atoms with Crippen LogP contribution in [0.2, 0.25) is 0 Å². The zero-order valence-corrected chi connectivity index (χ0v) is 14.8. The molecule has 0 atom stereocenters. The maximum atomic E-state index is 12.7. The van der Waals surface area contributed by atoms with Gasteiger partial charge in [-0.05, 0) is 30.4 Å². The summed E-state index contributed by atoms with van der Waals surface area (Å²) in [6.45, 7) is 0. The molecule has 4 rings (SSSR count). The molecule has 1 fully saturated rings. The molecular weight excluding hydrogens is 320 g/mol. The van der Waals surface area contributed by atoms with Gasteiger partial charge in [-0.2, -0.15) is 5.26 Å². The fourth-order valence-corrected chi connectivity index (χ4v) is 4.52. The topological polar surface area (TPSA) is 52.9 Å². The number of nitrogens with zero attached hydrogens (tertiary/aromatic N) is 1. The molecule has 0 saturated heterocycles. The summed E-state index contributed by atoms with van der Waals surface area (Å²) in [6, 6.07) is 20.4. The third-order valence-electron chi connectivity index (χ3n) is 5.74. The molecule has 26 heavy (non-hydrogen) atoms. The molecule has 0 bridgehead atoms. The van der Waals surface area contributed by atoms with Gasteiger partial charge in [0.05, 0.1) is 23.8 Å². The van der Waals surface area contributed by atoms with Crippen molar-refractivity contribution < 1.29 is 4.79 Å². The van der Waals surface area contributed by atoms with E-state index in [4.69, 9.17) is 0 Å². The van der Waals surface area contributed by atoms with Crippen LogP contribution in [0.3, 0.4) is 0 Å². The van der Waals surface area contributed by atoms with Gasteiger partial charge in [0, 0.05) is 11.0 Å². The molecule has 0 heterocycles. The minimum absolute atomic E-state index is 0.0659. The van der Waals surface area contributed by atoms with Crippen LogP contribution < -0.4 is 5.32 Å². The Morgan fingerprint density at radius 2 is 1.73 bits per heavy atom. The lowest BCUT2D eigenvalue weighted by atomic mass is 9.68. The maximum Gasteiger partial charge on any atom is 0.228 e. The SMILES string of the molecule is N#CC1=C(NC(=O)Cc2ccccc2)c2ccccc2CC12CCCC2. The Hall–Kier alpha value is -2.86. The number of carbonyl (C=O) groups is 1. The molecular formula is C23H22N2O. The second-order valence-electron chi connectivity index (χ2n) is 7.39. The van der Waals surface area contributed by atoms with Crippen molar-refractivity contribution in [2.45, 2.75) is 38.5 Å². The van der Waals surface area contributed by atoms with Gasteiger partial charge in [-0.25, -0.2) is 0 Å². The first kappa shape index (κ1) is 16.6. The van der Waals surface area contributed by atoms with Crippen LogP contribution in [-0.2, 0) is 17.6 Å². The number of nitriles is 1. The summed E-state index contributed by atoms with van der Waals surface area (Å²) in [5, 5.41) is 13.1. The molecule has 3 heteroatoms. The number of hydrogen-bond acceptors (Lipinski definition) is 2. The van der Waals surface area contributed by atoms with E-state index in [1.54, 1.807) is 0 Å². The summed E-state index contributed by atoms with van der Waals surface area (Å²) in [7, 11) is 0. The molecule has 0 aliphatic heterocycles. The average Bonchev–Trinajstić information content (AvgIpc) is 3.11. The van der Waals surface area contributed by atoms with Gasteiger partial charge in [0.1, 0.15) is 0 Å². The lowest BCUT2D eigenvalue weighted by Crippen LogP contribution is -2.34. The molecule has 130 valence electrons. The first-order chi connectivity index (χ1) is 12.7. The molecule has 2 aliphatic carbocycles. The van der Waals surface area contributed by atoms with Crippen molar-refractivity contribution in [1.82, 2.24) is 5.32 Å². The van der Waals surface area contributed by atoms with Crippen LogP contribution in [0.25, 0.3) is 5.70 Å². The van der Waals surface area contributed by atoms with E-state index in [1.807, 2.05) is 48.5 Å². The van der Waals surface area contributed by atoms with Crippen LogP contribution in [0.1, 0.15) is 42.4 Å². The van der Waals surface area contributed by atoms with Crippen molar-refractivity contribution in [3.8, 4) is 6.07 Å². The van der Waals surface area contributed by atoms with E-state index in [-0.39, 0.29) is 11.3 Å². The number of carbonyl (C=O) groups excluding carboxylic acids is 1. The molecule has 3 nitrogen and oxygen atoms in total. The van der Waals surface area contributed by atoms with Crippen LogP contribution in [0.4, 0.5) is 0 Å². The number of hydrogen-bond donors (Lipinski definition) is 1. The summed E-state index contributed by atoms with van der Waals surface area (Å²) in [5.74, 6) is -0.0659. The molecule has 2 aliphatic rings. The van der Waals surface area contributed by atoms with Gasteiger partial charge in [-0.1, -0.05) is 67.4 Å². The van der Waals surface area contributed by atoms with Crippen molar-refractivity contribution in [2.75, 3.05) is 0 Å². The summed E-state index contributed by atoms with van der Waals surface area (Å²) < 4.78 is 0. The zero-order chi connectivity index (χ0) is 18.0. The highest BCUT2D eigenvalue weighted by Gasteiger charge is 2.43. The maximum absolute atomic E-state index is 12.7. The summed E-state index contributed by atoms with van der Waals surface area (Å²) >= 11 is 0. The fourth-order valence-electron chi connectivity index (χ4n) is 4.52. The monoisotopic (exact) mass is 342 g/mol. The van der Waals surface area contributed by atoms with Crippen molar-refractivity contribution in [3.63, 3.8) is 0 Å². The smallest absolute Gasteiger partial charge is 0.228 e. The predicted molar refractivity (Wildman–Crippen MR) is 102 cm³/mol. The molecule has 1 N–H and O–H groups in total. The lowest BCUT2D eigenvalue weighted by molar-refractivity contribution is -0.119. The van der Waals surface area contributed by atoms with Crippen molar-refractivity contribution >= 4 is 11.6 Å². The van der Waals surface area contributed by atoms with Gasteiger partial charge in [0.25, 0.3) is 0 Å². The number of amides is 1. The first-order valence-corrected chi connectivity index (χ1v) is 9.29. The number of nitrogens with one attached hydrogen (secondary N) is 1. The number of allylic oxidation sites excluding steroid dienone is 1. The van der Waals surface area contributed by atoms with Crippen molar-refractivity contribution in [3.05, 3.63) is 76.9 Å². The Balaban J connectivity index is 1.71. The Bertz CT molecular complexity index is 899. The van der Waals surface area contributed by atoms with E-state index in [2.05, 4.69) is 17.5 Å². The molecule has 2 aromatic carbocycles. The molecule has 0 radical (unpaired) electrons. The van der Waals surface area contributed by atoms with E-state index in [1.165, 1.54) is 5.56 Å². The van der Waals surface area contributed by atoms with Gasteiger partial charge >= 0.3 is 0 Å².